The Morgan fingerprint density at radius 2 is 2.50 bits per heavy atom. The third kappa shape index (κ3) is 1.25. The zero-order chi connectivity index (χ0) is 5.98. The summed E-state index contributed by atoms with van der Waals surface area (Å²) >= 11 is 5.57. The highest BCUT2D eigenvalue weighted by Gasteiger charge is 1.94. The van der Waals surface area contributed by atoms with Crippen molar-refractivity contribution in [2.75, 3.05) is 6.54 Å². The molecule has 1 aliphatic heterocycles. The zero-order valence-corrected chi connectivity index (χ0v) is 5.10. The van der Waals surface area contributed by atoms with Crippen molar-refractivity contribution in [1.82, 2.24) is 5.01 Å². The van der Waals surface area contributed by atoms with Crippen molar-refractivity contribution in [3.8, 4) is 0 Å². The Bertz CT molecular complexity index is 139. The van der Waals surface area contributed by atoms with Crippen molar-refractivity contribution in [1.29, 1.82) is 0 Å². The lowest BCUT2D eigenvalue weighted by molar-refractivity contribution is 0.434. The molecule has 2 nitrogen and oxygen atoms in total. The summed E-state index contributed by atoms with van der Waals surface area (Å²) < 4.78 is 0. The maximum atomic E-state index is 5.57. The second-order valence-corrected chi connectivity index (χ2v) is 2.04. The maximum Gasteiger partial charge on any atom is 0.0533 e. The lowest BCUT2D eigenvalue weighted by Crippen LogP contribution is -2.26. The molecule has 0 spiro atoms. The fourth-order valence-corrected chi connectivity index (χ4v) is 0.614. The van der Waals surface area contributed by atoms with Gasteiger partial charge < -0.3 is 5.01 Å². The fraction of sp³-hybridized carbons (Fsp3) is 0.200. The van der Waals surface area contributed by atoms with Crippen LogP contribution >= 0.6 is 11.6 Å². The summed E-state index contributed by atoms with van der Waals surface area (Å²) in [6.07, 6.45) is 5.34. The average molecular weight is 131 g/mol. The van der Waals surface area contributed by atoms with E-state index in [9.17, 15) is 0 Å². The first-order chi connectivity index (χ1) is 3.79. The van der Waals surface area contributed by atoms with Gasteiger partial charge in [-0.1, -0.05) is 11.6 Å². The van der Waals surface area contributed by atoms with Crippen LogP contribution in [0.1, 0.15) is 0 Å². The Morgan fingerprint density at radius 1 is 1.75 bits per heavy atom. The summed E-state index contributed by atoms with van der Waals surface area (Å²) in [7, 11) is 0. The van der Waals surface area contributed by atoms with Crippen LogP contribution in [0.5, 0.6) is 0 Å². The summed E-state index contributed by atoms with van der Waals surface area (Å²) in [5.41, 5.74) is 0. The smallest absolute Gasteiger partial charge is 0.0533 e. The van der Waals surface area contributed by atoms with Crippen LogP contribution in [0.3, 0.4) is 0 Å². The summed E-state index contributed by atoms with van der Waals surface area (Å²) in [6.45, 7) is 0.704. The topological polar surface area (TPSA) is 29.3 Å². The first-order valence-corrected chi connectivity index (χ1v) is 2.72. The van der Waals surface area contributed by atoms with Crippen LogP contribution in [0.2, 0.25) is 0 Å². The van der Waals surface area contributed by atoms with Crippen molar-refractivity contribution in [3.05, 3.63) is 23.4 Å². The average Bonchev–Trinajstić information content (AvgIpc) is 1.77. The van der Waals surface area contributed by atoms with Crippen LogP contribution in [0, 0.1) is 0 Å². The van der Waals surface area contributed by atoms with E-state index in [4.69, 9.17) is 17.4 Å². The highest BCUT2D eigenvalue weighted by Crippen LogP contribution is 2.06. The molecule has 0 fully saturated rings. The molecule has 0 aromatic heterocycles. The lowest BCUT2D eigenvalue weighted by atomic mass is 10.4. The largest absolute Gasteiger partial charge is 0.314 e. The Labute approximate surface area is 53.2 Å². The summed E-state index contributed by atoms with van der Waals surface area (Å²) in [5, 5.41) is 2.32. The Morgan fingerprint density at radius 3 is 2.88 bits per heavy atom. The molecule has 0 unspecified atom stereocenters. The van der Waals surface area contributed by atoms with E-state index in [0.717, 1.165) is 5.03 Å². The Balaban J connectivity index is 2.58. The Kier molecular flexibility index (Phi) is 1.56. The van der Waals surface area contributed by atoms with Gasteiger partial charge >= 0.3 is 0 Å². The van der Waals surface area contributed by atoms with E-state index in [-0.39, 0.29) is 0 Å². The molecule has 0 amide bonds. The van der Waals surface area contributed by atoms with E-state index in [1.807, 2.05) is 6.08 Å². The third-order valence-electron chi connectivity index (χ3n) is 0.922. The number of hydrazine groups is 1. The van der Waals surface area contributed by atoms with E-state index >= 15 is 0 Å². The van der Waals surface area contributed by atoms with Crippen molar-refractivity contribution in [2.45, 2.75) is 0 Å². The molecule has 0 radical (unpaired) electrons. The molecule has 44 valence electrons. The van der Waals surface area contributed by atoms with Crippen molar-refractivity contribution in [3.63, 3.8) is 0 Å². The molecule has 0 aliphatic carbocycles. The van der Waals surface area contributed by atoms with Gasteiger partial charge in [0.15, 0.2) is 0 Å². The third-order valence-corrected chi connectivity index (χ3v) is 1.20. The predicted molar refractivity (Wildman–Crippen MR) is 34.0 cm³/mol. The second kappa shape index (κ2) is 2.20. The highest BCUT2D eigenvalue weighted by atomic mass is 35.5. The van der Waals surface area contributed by atoms with Crippen LogP contribution in [0.15, 0.2) is 23.4 Å². The van der Waals surface area contributed by atoms with Crippen LogP contribution in [-0.2, 0) is 0 Å². The standard InChI is InChI=1S/C5H7ClN2/c6-5-1-3-8(7)4-2-5/h1-3H,4,7H2. The molecule has 1 aliphatic rings. The van der Waals surface area contributed by atoms with Crippen LogP contribution in [0.4, 0.5) is 0 Å². The minimum Gasteiger partial charge on any atom is -0.314 e. The molecule has 0 aromatic rings. The van der Waals surface area contributed by atoms with Gasteiger partial charge in [-0.05, 0) is 12.2 Å². The maximum absolute atomic E-state index is 5.57. The summed E-state index contributed by atoms with van der Waals surface area (Å²) in [4.78, 5) is 0. The molecule has 8 heavy (non-hydrogen) atoms. The number of rotatable bonds is 0. The molecular formula is C5H7ClN2. The number of allylic oxidation sites excluding steroid dienone is 2. The SMILES string of the molecule is NN1C=CC(Cl)=CC1. The van der Waals surface area contributed by atoms with Crippen LogP contribution in [-0.4, -0.2) is 11.6 Å². The van der Waals surface area contributed by atoms with E-state index in [0.29, 0.717) is 6.54 Å². The van der Waals surface area contributed by atoms with Gasteiger partial charge in [0.05, 0.1) is 6.54 Å². The molecule has 0 aromatic carbocycles. The number of nitrogens with zero attached hydrogens (tertiary/aromatic N) is 1. The first-order valence-electron chi connectivity index (χ1n) is 2.34. The number of halogens is 1. The number of hydrogen-bond acceptors (Lipinski definition) is 2. The molecule has 1 heterocycles. The molecule has 0 bridgehead atoms. The van der Waals surface area contributed by atoms with Gasteiger partial charge in [-0.3, -0.25) is 0 Å². The van der Waals surface area contributed by atoms with Gasteiger partial charge in [0.1, 0.15) is 0 Å². The van der Waals surface area contributed by atoms with Gasteiger partial charge in [0.25, 0.3) is 0 Å². The van der Waals surface area contributed by atoms with Crippen LogP contribution in [0.25, 0.3) is 0 Å². The lowest BCUT2D eigenvalue weighted by Gasteiger charge is -2.13. The van der Waals surface area contributed by atoms with E-state index in [2.05, 4.69) is 0 Å². The minimum atomic E-state index is 0.704. The van der Waals surface area contributed by atoms with Gasteiger partial charge in [0.2, 0.25) is 0 Å². The van der Waals surface area contributed by atoms with E-state index in [1.54, 1.807) is 17.3 Å². The van der Waals surface area contributed by atoms with Gasteiger partial charge in [-0.2, -0.15) is 0 Å². The molecule has 3 heteroatoms. The summed E-state index contributed by atoms with van der Waals surface area (Å²) in [5.74, 6) is 5.34. The van der Waals surface area contributed by atoms with Gasteiger partial charge in [-0.25, -0.2) is 5.84 Å². The second-order valence-electron chi connectivity index (χ2n) is 1.60. The van der Waals surface area contributed by atoms with Gasteiger partial charge in [0, 0.05) is 11.2 Å². The number of hydrogen-bond donors (Lipinski definition) is 1. The molecule has 2 N–H and O–H groups in total. The predicted octanol–water partition coefficient (Wildman–Crippen LogP) is 0.812. The molecule has 1 rings (SSSR count). The van der Waals surface area contributed by atoms with E-state index in [1.165, 1.54) is 0 Å². The monoisotopic (exact) mass is 130 g/mol. The molecular weight excluding hydrogens is 124 g/mol. The quantitative estimate of drug-likeness (QED) is 0.492. The fourth-order valence-electron chi connectivity index (χ4n) is 0.488. The van der Waals surface area contributed by atoms with Crippen LogP contribution < -0.4 is 5.84 Å². The first kappa shape index (κ1) is 5.66. The van der Waals surface area contributed by atoms with Crippen molar-refractivity contribution >= 4 is 11.6 Å². The highest BCUT2D eigenvalue weighted by molar-refractivity contribution is 6.31. The number of nitrogens with two attached hydrogens (primary N) is 1. The van der Waals surface area contributed by atoms with Crippen molar-refractivity contribution < 1.29 is 0 Å². The minimum absolute atomic E-state index is 0.704. The molecule has 0 saturated carbocycles. The normalized spacial score (nSPS) is 18.8. The Hall–Kier alpha value is -0.470. The van der Waals surface area contributed by atoms with E-state index < -0.39 is 0 Å². The molecule has 0 saturated heterocycles. The molecule has 0 atom stereocenters. The van der Waals surface area contributed by atoms with Gasteiger partial charge in [-0.15, -0.1) is 0 Å². The zero-order valence-electron chi connectivity index (χ0n) is 4.34. The van der Waals surface area contributed by atoms with Crippen molar-refractivity contribution in [2.24, 2.45) is 5.84 Å². The summed E-state index contributed by atoms with van der Waals surface area (Å²) in [6, 6.07) is 0.